The third-order valence-electron chi connectivity index (χ3n) is 4.54. The van der Waals surface area contributed by atoms with E-state index in [1.165, 1.54) is 10.6 Å². The Kier molecular flexibility index (Phi) is 6.08. The number of hydrogen-bond donors (Lipinski definition) is 1. The summed E-state index contributed by atoms with van der Waals surface area (Å²) in [6.45, 7) is 1.18. The summed E-state index contributed by atoms with van der Waals surface area (Å²) in [6.07, 6.45) is 5.33. The zero-order chi connectivity index (χ0) is 19.2. The van der Waals surface area contributed by atoms with E-state index in [1.807, 2.05) is 43.3 Å². The summed E-state index contributed by atoms with van der Waals surface area (Å²) in [4.78, 5) is 27.1. The Morgan fingerprint density at radius 2 is 2.04 bits per heavy atom. The summed E-state index contributed by atoms with van der Waals surface area (Å²) in [5.74, 6) is -0.296. The molecule has 1 aliphatic rings. The number of pyridine rings is 1. The van der Waals surface area contributed by atoms with Crippen LogP contribution in [0, 0.1) is 0 Å². The number of carbonyl (C=O) groups is 1. The van der Waals surface area contributed by atoms with Crippen LogP contribution in [0.3, 0.4) is 0 Å². The van der Waals surface area contributed by atoms with E-state index in [0.717, 1.165) is 30.7 Å². The second kappa shape index (κ2) is 8.68. The summed E-state index contributed by atoms with van der Waals surface area (Å²) < 4.78 is 6.92. The summed E-state index contributed by atoms with van der Waals surface area (Å²) in [5.41, 5.74) is 1.95. The molecule has 0 saturated carbocycles. The van der Waals surface area contributed by atoms with Crippen LogP contribution < -0.4 is 15.8 Å². The molecule has 3 rings (SSSR count). The van der Waals surface area contributed by atoms with Gasteiger partial charge in [-0.1, -0.05) is 18.2 Å². The van der Waals surface area contributed by atoms with Gasteiger partial charge >= 0.3 is 0 Å². The monoisotopic (exact) mass is 367 g/mol. The van der Waals surface area contributed by atoms with Crippen molar-refractivity contribution in [3.8, 4) is 0 Å². The average molecular weight is 367 g/mol. The Hall–Kier alpha value is -2.86. The van der Waals surface area contributed by atoms with E-state index in [9.17, 15) is 9.59 Å². The first-order chi connectivity index (χ1) is 13.0. The van der Waals surface area contributed by atoms with Crippen molar-refractivity contribution in [2.24, 2.45) is 0 Å². The molecule has 6 heteroatoms. The van der Waals surface area contributed by atoms with Gasteiger partial charge in [-0.25, -0.2) is 0 Å². The third kappa shape index (κ3) is 4.86. The van der Waals surface area contributed by atoms with Crippen LogP contribution in [0.1, 0.15) is 18.4 Å². The zero-order valence-corrected chi connectivity index (χ0v) is 15.7. The number of nitrogens with one attached hydrogen (secondary N) is 1. The van der Waals surface area contributed by atoms with Gasteiger partial charge in [-0.05, 0) is 42.7 Å². The molecule has 0 spiro atoms. The minimum atomic E-state index is -0.296. The number of rotatable bonds is 6. The van der Waals surface area contributed by atoms with Crippen molar-refractivity contribution in [2.45, 2.75) is 18.9 Å². The minimum Gasteiger partial charge on any atom is -0.378 e. The number of benzene rings is 1. The summed E-state index contributed by atoms with van der Waals surface area (Å²) >= 11 is 0. The number of amides is 1. The topological polar surface area (TPSA) is 63.6 Å². The second-order valence-corrected chi connectivity index (χ2v) is 6.77. The highest BCUT2D eigenvalue weighted by atomic mass is 16.5. The van der Waals surface area contributed by atoms with E-state index in [-0.39, 0.29) is 23.3 Å². The summed E-state index contributed by atoms with van der Waals surface area (Å²) in [6, 6.07) is 12.6. The van der Waals surface area contributed by atoms with Crippen LogP contribution in [-0.4, -0.2) is 43.8 Å². The van der Waals surface area contributed by atoms with Crippen LogP contribution in [0.2, 0.25) is 0 Å². The van der Waals surface area contributed by atoms with Gasteiger partial charge < -0.3 is 15.0 Å². The molecule has 0 radical (unpaired) electrons. The molecule has 0 bridgehead atoms. The van der Waals surface area contributed by atoms with Gasteiger partial charge in [0.05, 0.1) is 6.10 Å². The highest BCUT2D eigenvalue weighted by Crippen LogP contribution is 2.16. The van der Waals surface area contributed by atoms with Crippen molar-refractivity contribution in [3.05, 3.63) is 64.6 Å². The van der Waals surface area contributed by atoms with Crippen molar-refractivity contribution in [2.75, 3.05) is 32.1 Å². The molecule has 1 fully saturated rings. The molecule has 1 aromatic heterocycles. The molecule has 142 valence electrons. The van der Waals surface area contributed by atoms with Crippen molar-refractivity contribution in [3.63, 3.8) is 0 Å². The van der Waals surface area contributed by atoms with E-state index in [1.54, 1.807) is 24.4 Å². The van der Waals surface area contributed by atoms with Gasteiger partial charge in [0.15, 0.2) is 0 Å². The predicted octanol–water partition coefficient (Wildman–Crippen LogP) is 2.21. The van der Waals surface area contributed by atoms with Crippen molar-refractivity contribution in [1.82, 2.24) is 9.88 Å². The van der Waals surface area contributed by atoms with Gasteiger partial charge in [-0.3, -0.25) is 14.2 Å². The van der Waals surface area contributed by atoms with Crippen LogP contribution >= 0.6 is 0 Å². The summed E-state index contributed by atoms with van der Waals surface area (Å²) in [5, 5.41) is 2.90. The van der Waals surface area contributed by atoms with Gasteiger partial charge in [-0.15, -0.1) is 0 Å². The fourth-order valence-corrected chi connectivity index (χ4v) is 3.00. The van der Waals surface area contributed by atoms with Gasteiger partial charge in [0.2, 0.25) is 0 Å². The number of carbonyl (C=O) groups excluding carboxylic acids is 1. The normalized spacial score (nSPS) is 17.0. The fraction of sp³-hybridized carbons (Fsp3) is 0.333. The lowest BCUT2D eigenvalue weighted by molar-refractivity contribution is -0.116. The molecule has 1 atom stereocenters. The molecule has 1 unspecified atom stereocenters. The molecule has 6 nitrogen and oxygen atoms in total. The molecule has 2 heterocycles. The molecule has 1 N–H and O–H groups in total. The molecular formula is C21H25N3O3. The maximum Gasteiger partial charge on any atom is 0.268 e. The minimum absolute atomic E-state index is 0.0436. The number of ether oxygens (including phenoxy) is 1. The van der Waals surface area contributed by atoms with E-state index >= 15 is 0 Å². The average Bonchev–Trinajstić information content (AvgIpc) is 3.19. The Morgan fingerprint density at radius 1 is 1.26 bits per heavy atom. The van der Waals surface area contributed by atoms with Crippen LogP contribution in [-0.2, 0) is 9.53 Å². The zero-order valence-electron chi connectivity index (χ0n) is 15.7. The molecule has 1 aromatic carbocycles. The van der Waals surface area contributed by atoms with Gasteiger partial charge in [0.25, 0.3) is 11.5 Å². The van der Waals surface area contributed by atoms with Crippen molar-refractivity contribution < 1.29 is 9.53 Å². The maximum absolute atomic E-state index is 12.8. The smallest absolute Gasteiger partial charge is 0.268 e. The van der Waals surface area contributed by atoms with Crippen LogP contribution in [0.15, 0.2) is 53.5 Å². The Labute approximate surface area is 159 Å². The Bertz CT molecular complexity index is 863. The molecule has 1 amide bonds. The maximum atomic E-state index is 12.8. The largest absolute Gasteiger partial charge is 0.378 e. The lowest BCUT2D eigenvalue weighted by Crippen LogP contribution is -2.35. The Morgan fingerprint density at radius 3 is 2.67 bits per heavy atom. The van der Waals surface area contributed by atoms with E-state index in [0.29, 0.717) is 6.54 Å². The van der Waals surface area contributed by atoms with Gasteiger partial charge in [0.1, 0.15) is 5.70 Å². The highest BCUT2D eigenvalue weighted by Gasteiger charge is 2.19. The molecular weight excluding hydrogens is 342 g/mol. The van der Waals surface area contributed by atoms with E-state index < -0.39 is 0 Å². The molecule has 27 heavy (non-hydrogen) atoms. The molecule has 1 saturated heterocycles. The summed E-state index contributed by atoms with van der Waals surface area (Å²) in [7, 11) is 3.94. The molecule has 0 aliphatic carbocycles. The number of aromatic nitrogens is 1. The van der Waals surface area contributed by atoms with Gasteiger partial charge in [0, 0.05) is 45.2 Å². The highest BCUT2D eigenvalue weighted by molar-refractivity contribution is 6.18. The van der Waals surface area contributed by atoms with Crippen LogP contribution in [0.25, 0.3) is 11.8 Å². The number of hydrogen-bond acceptors (Lipinski definition) is 4. The van der Waals surface area contributed by atoms with Crippen molar-refractivity contribution >= 4 is 23.4 Å². The van der Waals surface area contributed by atoms with Gasteiger partial charge in [-0.2, -0.15) is 0 Å². The molecule has 2 aromatic rings. The van der Waals surface area contributed by atoms with Crippen LogP contribution in [0.4, 0.5) is 5.69 Å². The first kappa shape index (κ1) is 18.9. The van der Waals surface area contributed by atoms with Crippen LogP contribution in [0.5, 0.6) is 0 Å². The first-order valence-electron chi connectivity index (χ1n) is 9.11. The lowest BCUT2D eigenvalue weighted by atomic mass is 10.1. The standard InChI is InChI=1S/C21H25N3O3/c1-23(2)17-10-8-16(9-11-17)14-19(24-12-4-3-7-20(24)25)21(26)22-15-18-6-5-13-27-18/h3-4,7-12,14,18H,5-6,13,15H2,1-2H3,(H,22,26)/b19-14+. The Balaban J connectivity index is 1.88. The fourth-order valence-electron chi connectivity index (χ4n) is 3.00. The first-order valence-corrected chi connectivity index (χ1v) is 9.11. The SMILES string of the molecule is CN(C)c1ccc(/C=C(\C(=O)NCC2CCCO2)n2ccccc2=O)cc1. The van der Waals surface area contributed by atoms with E-state index in [2.05, 4.69) is 5.32 Å². The lowest BCUT2D eigenvalue weighted by Gasteiger charge is -2.15. The third-order valence-corrected chi connectivity index (χ3v) is 4.54. The predicted molar refractivity (Wildman–Crippen MR) is 108 cm³/mol. The number of nitrogens with zero attached hydrogens (tertiary/aromatic N) is 2. The van der Waals surface area contributed by atoms with Crippen molar-refractivity contribution in [1.29, 1.82) is 0 Å². The number of anilines is 1. The molecule has 1 aliphatic heterocycles. The van der Waals surface area contributed by atoms with E-state index in [4.69, 9.17) is 4.74 Å². The second-order valence-electron chi connectivity index (χ2n) is 6.77. The quantitative estimate of drug-likeness (QED) is 0.795.